The summed E-state index contributed by atoms with van der Waals surface area (Å²) in [4.78, 5) is 2.40. The van der Waals surface area contributed by atoms with Gasteiger partial charge in [-0.05, 0) is 39.8 Å². The Morgan fingerprint density at radius 2 is 1.79 bits per heavy atom. The third-order valence-corrected chi connectivity index (χ3v) is 4.08. The summed E-state index contributed by atoms with van der Waals surface area (Å²) in [6, 6.07) is 6.86. The largest absolute Gasteiger partial charge is 0.372 e. The smallest absolute Gasteiger partial charge is 0.254 e. The fourth-order valence-corrected chi connectivity index (χ4v) is 3.03. The highest BCUT2D eigenvalue weighted by molar-refractivity contribution is 5.77. The number of benzene rings is 1. The number of aryl methyl sites for hydroxylation is 2. The first-order valence-corrected chi connectivity index (χ1v) is 7.45. The van der Waals surface area contributed by atoms with E-state index in [1.807, 2.05) is 0 Å². The third kappa shape index (κ3) is 2.22. The first-order valence-electron chi connectivity index (χ1n) is 7.45. The monoisotopic (exact) mass is 260 g/mol. The van der Waals surface area contributed by atoms with Gasteiger partial charge in [0, 0.05) is 31.8 Å². The quantitative estimate of drug-likeness (QED) is 0.752. The van der Waals surface area contributed by atoms with Gasteiger partial charge < -0.3 is 4.90 Å². The molecule has 1 heterocycles. The highest BCUT2D eigenvalue weighted by Gasteiger charge is 2.20. The van der Waals surface area contributed by atoms with Crippen molar-refractivity contribution in [1.29, 1.82) is 0 Å². The topological polar surface area (TPSA) is 12.1 Å². The van der Waals surface area contributed by atoms with Crippen molar-refractivity contribution in [3.63, 3.8) is 0 Å². The number of hydrogen-bond acceptors (Lipinski definition) is 1. The van der Waals surface area contributed by atoms with Gasteiger partial charge in [0.05, 0.1) is 13.1 Å². The zero-order chi connectivity index (χ0) is 14.0. The van der Waals surface area contributed by atoms with Gasteiger partial charge in [-0.1, -0.05) is 0 Å². The highest BCUT2D eigenvalue weighted by atomic mass is 15.2. The van der Waals surface area contributed by atoms with E-state index in [4.69, 9.17) is 0 Å². The van der Waals surface area contributed by atoms with Gasteiger partial charge in [-0.25, -0.2) is 9.13 Å². The SMILES string of the molecule is CCN(CC)c1ccc2c(c1)n(CC)c(C)[n+]2CC. The Morgan fingerprint density at radius 1 is 1.11 bits per heavy atom. The molecule has 3 heteroatoms. The van der Waals surface area contributed by atoms with E-state index in [2.05, 4.69) is 66.9 Å². The Kier molecular flexibility index (Phi) is 4.13. The predicted molar refractivity (Wildman–Crippen MR) is 81.8 cm³/mol. The van der Waals surface area contributed by atoms with Crippen molar-refractivity contribution in [3.05, 3.63) is 24.0 Å². The van der Waals surface area contributed by atoms with Crippen LogP contribution < -0.4 is 9.47 Å². The average molecular weight is 260 g/mol. The highest BCUT2D eigenvalue weighted by Crippen LogP contribution is 2.22. The van der Waals surface area contributed by atoms with Crippen LogP contribution in [0.15, 0.2) is 18.2 Å². The van der Waals surface area contributed by atoms with Crippen LogP contribution in [-0.2, 0) is 13.1 Å². The van der Waals surface area contributed by atoms with Crippen LogP contribution in [0.4, 0.5) is 5.69 Å². The van der Waals surface area contributed by atoms with Crippen LogP contribution in [0.25, 0.3) is 11.0 Å². The molecule has 1 aromatic carbocycles. The minimum atomic E-state index is 1.02. The third-order valence-electron chi connectivity index (χ3n) is 4.08. The molecule has 0 radical (unpaired) electrons. The van der Waals surface area contributed by atoms with E-state index in [1.165, 1.54) is 22.5 Å². The number of nitrogens with zero attached hydrogens (tertiary/aromatic N) is 3. The van der Waals surface area contributed by atoms with E-state index in [0.29, 0.717) is 0 Å². The van der Waals surface area contributed by atoms with Crippen LogP contribution in [-0.4, -0.2) is 17.7 Å². The van der Waals surface area contributed by atoms with E-state index in [-0.39, 0.29) is 0 Å². The Balaban J connectivity index is 2.65. The molecule has 0 aliphatic carbocycles. The van der Waals surface area contributed by atoms with Gasteiger partial charge >= 0.3 is 0 Å². The van der Waals surface area contributed by atoms with E-state index in [0.717, 1.165) is 26.2 Å². The number of fused-ring (bicyclic) bond motifs is 1. The average Bonchev–Trinajstić information content (AvgIpc) is 2.70. The molecule has 0 amide bonds. The summed E-state index contributed by atoms with van der Waals surface area (Å²) in [6.45, 7) is 15.2. The van der Waals surface area contributed by atoms with Crippen LogP contribution in [0.2, 0.25) is 0 Å². The van der Waals surface area contributed by atoms with Crippen molar-refractivity contribution >= 4 is 16.7 Å². The van der Waals surface area contributed by atoms with Crippen molar-refractivity contribution in [2.24, 2.45) is 0 Å². The second-order valence-corrected chi connectivity index (χ2v) is 4.88. The van der Waals surface area contributed by atoms with Crippen LogP contribution in [0.3, 0.4) is 0 Å². The molecule has 104 valence electrons. The molecule has 0 saturated carbocycles. The molecule has 0 aliphatic heterocycles. The molecule has 0 bridgehead atoms. The number of aromatic nitrogens is 2. The molecule has 0 atom stereocenters. The summed E-state index contributed by atoms with van der Waals surface area (Å²) in [5.41, 5.74) is 4.02. The standard InChI is InChI=1S/C16H26N3/c1-6-17(7-2)14-10-11-15-16(12-14)19(9-4)13(5)18(15)8-3/h10-12H,6-9H2,1-5H3/q+1. The Morgan fingerprint density at radius 3 is 2.32 bits per heavy atom. The van der Waals surface area contributed by atoms with Crippen LogP contribution in [0.1, 0.15) is 33.5 Å². The summed E-state index contributed by atoms with van der Waals surface area (Å²) in [7, 11) is 0. The summed E-state index contributed by atoms with van der Waals surface area (Å²) in [6.07, 6.45) is 0. The second kappa shape index (κ2) is 5.64. The maximum Gasteiger partial charge on any atom is 0.254 e. The lowest BCUT2D eigenvalue weighted by molar-refractivity contribution is -0.674. The number of imidazole rings is 1. The zero-order valence-corrected chi connectivity index (χ0v) is 12.9. The molecule has 0 saturated heterocycles. The number of anilines is 1. The summed E-state index contributed by atoms with van der Waals surface area (Å²) >= 11 is 0. The number of rotatable bonds is 5. The molecule has 2 rings (SSSR count). The first-order chi connectivity index (χ1) is 9.17. The van der Waals surface area contributed by atoms with Crippen molar-refractivity contribution < 1.29 is 4.57 Å². The van der Waals surface area contributed by atoms with Crippen molar-refractivity contribution in [1.82, 2.24) is 4.57 Å². The molecule has 1 aromatic heterocycles. The lowest BCUT2D eigenvalue weighted by atomic mass is 10.2. The van der Waals surface area contributed by atoms with Gasteiger partial charge in [-0.2, -0.15) is 0 Å². The van der Waals surface area contributed by atoms with Gasteiger partial charge in [0.2, 0.25) is 0 Å². The summed E-state index contributed by atoms with van der Waals surface area (Å²) in [5.74, 6) is 1.34. The Bertz CT molecular complexity index is 565. The van der Waals surface area contributed by atoms with Crippen molar-refractivity contribution in [2.45, 2.75) is 47.7 Å². The fourth-order valence-electron chi connectivity index (χ4n) is 3.03. The molecule has 0 unspecified atom stereocenters. The van der Waals surface area contributed by atoms with E-state index >= 15 is 0 Å². The van der Waals surface area contributed by atoms with Crippen LogP contribution in [0.5, 0.6) is 0 Å². The first kappa shape index (κ1) is 13.9. The summed E-state index contributed by atoms with van der Waals surface area (Å²) in [5, 5.41) is 0. The molecule has 3 nitrogen and oxygen atoms in total. The molecule has 0 fully saturated rings. The molecular formula is C16H26N3+. The Labute approximate surface area is 116 Å². The minimum Gasteiger partial charge on any atom is -0.372 e. The van der Waals surface area contributed by atoms with Gasteiger partial charge in [-0.15, -0.1) is 0 Å². The normalized spacial score (nSPS) is 11.2. The molecule has 0 spiro atoms. The van der Waals surface area contributed by atoms with Gasteiger partial charge in [0.1, 0.15) is 0 Å². The van der Waals surface area contributed by atoms with Gasteiger partial charge in [-0.3, -0.25) is 0 Å². The summed E-state index contributed by atoms with van der Waals surface area (Å²) < 4.78 is 4.80. The maximum atomic E-state index is 2.41. The molecule has 19 heavy (non-hydrogen) atoms. The fraction of sp³-hybridized carbons (Fsp3) is 0.562. The van der Waals surface area contributed by atoms with Crippen LogP contribution in [0, 0.1) is 6.92 Å². The lowest BCUT2D eigenvalue weighted by Gasteiger charge is -2.20. The Hall–Kier alpha value is -1.51. The lowest BCUT2D eigenvalue weighted by Crippen LogP contribution is -2.35. The van der Waals surface area contributed by atoms with Gasteiger partial charge in [0.25, 0.3) is 5.82 Å². The predicted octanol–water partition coefficient (Wildman–Crippen LogP) is 3.12. The number of hydrogen-bond donors (Lipinski definition) is 0. The van der Waals surface area contributed by atoms with E-state index in [1.54, 1.807) is 0 Å². The molecule has 0 aliphatic rings. The molecule has 2 aromatic rings. The van der Waals surface area contributed by atoms with Gasteiger partial charge in [0.15, 0.2) is 11.0 Å². The minimum absolute atomic E-state index is 1.02. The maximum absolute atomic E-state index is 2.41. The zero-order valence-electron chi connectivity index (χ0n) is 12.9. The van der Waals surface area contributed by atoms with Crippen molar-refractivity contribution in [3.8, 4) is 0 Å². The van der Waals surface area contributed by atoms with Crippen LogP contribution >= 0.6 is 0 Å². The molecular weight excluding hydrogens is 234 g/mol. The van der Waals surface area contributed by atoms with Crippen molar-refractivity contribution in [2.75, 3.05) is 18.0 Å². The molecule has 0 N–H and O–H groups in total. The van der Waals surface area contributed by atoms with E-state index < -0.39 is 0 Å². The second-order valence-electron chi connectivity index (χ2n) is 4.88. The van der Waals surface area contributed by atoms with E-state index in [9.17, 15) is 0 Å².